The molecular formula is C26H23N6O2S+. The predicted octanol–water partition coefficient (Wildman–Crippen LogP) is 3.24. The lowest BCUT2D eigenvalue weighted by Gasteiger charge is -2.24. The van der Waals surface area contributed by atoms with E-state index in [2.05, 4.69) is 15.0 Å². The molecule has 5 aromatic rings. The Labute approximate surface area is 205 Å². The third-order valence-corrected chi connectivity index (χ3v) is 7.40. The van der Waals surface area contributed by atoms with Crippen LogP contribution in [0.25, 0.3) is 21.0 Å². The van der Waals surface area contributed by atoms with Gasteiger partial charge in [-0.15, -0.1) is 5.10 Å². The van der Waals surface area contributed by atoms with E-state index in [4.69, 9.17) is 0 Å². The number of aromatic nitrogens is 3. The van der Waals surface area contributed by atoms with E-state index in [-0.39, 0.29) is 0 Å². The fraction of sp³-hybridized carbons (Fsp3) is 0.154. The van der Waals surface area contributed by atoms with Crippen molar-refractivity contribution in [3.63, 3.8) is 0 Å². The Hall–Kier alpha value is -4.24. The van der Waals surface area contributed by atoms with Crippen molar-refractivity contribution in [2.75, 3.05) is 11.9 Å². The molecule has 0 fully saturated rings. The summed E-state index contributed by atoms with van der Waals surface area (Å²) in [5.41, 5.74) is 2.85. The number of carbonyl (C=O) groups is 2. The number of imidazole rings is 1. The first-order valence-electron chi connectivity index (χ1n) is 11.3. The van der Waals surface area contributed by atoms with E-state index in [9.17, 15) is 9.59 Å². The van der Waals surface area contributed by atoms with Gasteiger partial charge in [-0.25, -0.2) is 9.13 Å². The predicted molar refractivity (Wildman–Crippen MR) is 135 cm³/mol. The summed E-state index contributed by atoms with van der Waals surface area (Å²) >= 11 is 1.44. The molecule has 35 heavy (non-hydrogen) atoms. The lowest BCUT2D eigenvalue weighted by atomic mass is 9.94. The standard InChI is InChI=1S/C26H22N6O2S/c1-29-14-15-31(16-29)13-12-27-20-11-10-19-23-17(20)6-5-7-18(23)24(33)32(25(19)34)28-26-30(2)21-8-3-4-9-22(21)35-26/h3-11,14-16H,12-13H2,1-2H3/p+1/b28-26-. The number of benzene rings is 3. The monoisotopic (exact) mass is 483 g/mol. The van der Waals surface area contributed by atoms with Gasteiger partial charge < -0.3 is 9.88 Å². The van der Waals surface area contributed by atoms with Crippen molar-refractivity contribution < 1.29 is 14.2 Å². The average Bonchev–Trinajstić information content (AvgIpc) is 3.43. The molecule has 0 saturated heterocycles. The van der Waals surface area contributed by atoms with Gasteiger partial charge in [-0.05, 0) is 30.3 Å². The normalized spacial score (nSPS) is 13.9. The quantitative estimate of drug-likeness (QED) is 0.308. The molecule has 0 saturated carbocycles. The summed E-state index contributed by atoms with van der Waals surface area (Å²) in [6.07, 6.45) is 6.03. The maximum atomic E-state index is 13.4. The van der Waals surface area contributed by atoms with Gasteiger partial charge in [0.2, 0.25) is 11.1 Å². The number of imide groups is 1. The third kappa shape index (κ3) is 3.52. The van der Waals surface area contributed by atoms with Crippen molar-refractivity contribution in [3.8, 4) is 0 Å². The minimum atomic E-state index is -0.414. The first-order valence-corrected chi connectivity index (χ1v) is 12.1. The fourth-order valence-electron chi connectivity index (χ4n) is 4.55. The molecule has 3 heterocycles. The second-order valence-electron chi connectivity index (χ2n) is 8.57. The molecule has 9 heteroatoms. The van der Waals surface area contributed by atoms with Crippen LogP contribution in [0, 0.1) is 0 Å². The number of carbonyl (C=O) groups excluding carboxylic acids is 2. The topological polar surface area (TPSA) is 75.5 Å². The van der Waals surface area contributed by atoms with Gasteiger partial charge in [0.05, 0.1) is 34.9 Å². The van der Waals surface area contributed by atoms with E-state index >= 15 is 0 Å². The maximum Gasteiger partial charge on any atom is 0.282 e. The first-order chi connectivity index (χ1) is 17.0. The zero-order valence-corrected chi connectivity index (χ0v) is 20.1. The van der Waals surface area contributed by atoms with Gasteiger partial charge in [0.15, 0.2) is 0 Å². The van der Waals surface area contributed by atoms with Crippen LogP contribution in [0.2, 0.25) is 0 Å². The number of hydrogen-bond donors (Lipinski definition) is 1. The molecule has 8 nitrogen and oxygen atoms in total. The lowest BCUT2D eigenvalue weighted by Crippen LogP contribution is -2.38. The summed E-state index contributed by atoms with van der Waals surface area (Å²) in [4.78, 5) is 27.5. The Balaban J connectivity index is 1.37. The second-order valence-corrected chi connectivity index (χ2v) is 9.58. The highest BCUT2D eigenvalue weighted by Gasteiger charge is 2.33. The van der Waals surface area contributed by atoms with Crippen molar-refractivity contribution in [2.45, 2.75) is 6.54 Å². The molecule has 3 aromatic carbocycles. The van der Waals surface area contributed by atoms with Crippen molar-refractivity contribution in [1.29, 1.82) is 0 Å². The summed E-state index contributed by atoms with van der Waals surface area (Å²) < 4.78 is 7.03. The molecular weight excluding hydrogens is 460 g/mol. The molecule has 1 N–H and O–H groups in total. The number of anilines is 1. The summed E-state index contributed by atoms with van der Waals surface area (Å²) in [7, 11) is 3.87. The number of nitrogens with one attached hydrogen (secondary N) is 1. The average molecular weight is 484 g/mol. The molecule has 0 unspecified atom stereocenters. The highest BCUT2D eigenvalue weighted by Crippen LogP contribution is 2.34. The zero-order chi connectivity index (χ0) is 24.1. The van der Waals surface area contributed by atoms with Crippen molar-refractivity contribution in [2.24, 2.45) is 19.2 Å². The second kappa shape index (κ2) is 8.21. The van der Waals surface area contributed by atoms with Gasteiger partial charge >= 0.3 is 0 Å². The number of nitrogens with zero attached hydrogens (tertiary/aromatic N) is 5. The Kier molecular flexibility index (Phi) is 5.00. The molecule has 174 valence electrons. The van der Waals surface area contributed by atoms with E-state index in [1.807, 2.05) is 84.4 Å². The minimum absolute atomic E-state index is 0.414. The van der Waals surface area contributed by atoms with Gasteiger partial charge in [0, 0.05) is 23.5 Å². The van der Waals surface area contributed by atoms with Crippen molar-refractivity contribution in [1.82, 2.24) is 14.1 Å². The SMILES string of the molecule is Cn1cc[n+](CCNc2ccc3c4c(cccc24)C(=O)N(/N=c2\sc4ccccc4n2C)C3=O)c1. The van der Waals surface area contributed by atoms with E-state index < -0.39 is 11.8 Å². The third-order valence-electron chi connectivity index (χ3n) is 6.30. The van der Waals surface area contributed by atoms with Crippen LogP contribution < -0.4 is 14.7 Å². The summed E-state index contributed by atoms with van der Waals surface area (Å²) in [6.45, 7) is 1.50. The van der Waals surface area contributed by atoms with Crippen LogP contribution in [0.3, 0.4) is 0 Å². The molecule has 2 amide bonds. The van der Waals surface area contributed by atoms with Crippen LogP contribution in [0.1, 0.15) is 20.7 Å². The molecule has 0 spiro atoms. The number of rotatable bonds is 5. The van der Waals surface area contributed by atoms with E-state index in [0.29, 0.717) is 27.9 Å². The van der Waals surface area contributed by atoms with Crippen LogP contribution in [-0.2, 0) is 20.6 Å². The first kappa shape index (κ1) is 21.3. The number of amides is 2. The molecule has 0 radical (unpaired) electrons. The fourth-order valence-corrected chi connectivity index (χ4v) is 5.56. The van der Waals surface area contributed by atoms with Crippen LogP contribution in [0.5, 0.6) is 0 Å². The Morgan fingerprint density at radius 1 is 0.971 bits per heavy atom. The van der Waals surface area contributed by atoms with Gasteiger partial charge in [0.1, 0.15) is 18.9 Å². The molecule has 6 rings (SSSR count). The molecule has 2 aromatic heterocycles. The largest absolute Gasteiger partial charge is 0.381 e. The maximum absolute atomic E-state index is 13.4. The van der Waals surface area contributed by atoms with Crippen LogP contribution >= 0.6 is 11.3 Å². The summed E-state index contributed by atoms with van der Waals surface area (Å²) in [6, 6.07) is 17.2. The number of fused-ring (bicyclic) bond motifs is 1. The summed E-state index contributed by atoms with van der Waals surface area (Å²) in [5.74, 6) is -0.829. The van der Waals surface area contributed by atoms with Crippen LogP contribution in [0.15, 0.2) is 78.4 Å². The van der Waals surface area contributed by atoms with Crippen molar-refractivity contribution >= 4 is 49.8 Å². The number of hydrogen-bond acceptors (Lipinski definition) is 5. The van der Waals surface area contributed by atoms with Crippen LogP contribution in [-0.4, -0.2) is 32.5 Å². The van der Waals surface area contributed by atoms with Gasteiger partial charge in [-0.1, -0.05) is 35.6 Å². The molecule has 1 aliphatic rings. The van der Waals surface area contributed by atoms with E-state index in [1.54, 1.807) is 12.1 Å². The van der Waals surface area contributed by atoms with Crippen molar-refractivity contribution in [3.05, 3.63) is 89.2 Å². The minimum Gasteiger partial charge on any atom is -0.381 e. The van der Waals surface area contributed by atoms with Gasteiger partial charge in [-0.3, -0.25) is 9.59 Å². The molecule has 0 aliphatic carbocycles. The summed E-state index contributed by atoms with van der Waals surface area (Å²) in [5, 5.41) is 10.5. The Morgan fingerprint density at radius 3 is 2.54 bits per heavy atom. The Bertz CT molecular complexity index is 1690. The number of para-hydroxylation sites is 1. The van der Waals surface area contributed by atoms with E-state index in [0.717, 1.165) is 32.8 Å². The highest BCUT2D eigenvalue weighted by molar-refractivity contribution is 7.16. The van der Waals surface area contributed by atoms with Gasteiger partial charge in [-0.2, -0.15) is 5.01 Å². The Morgan fingerprint density at radius 2 is 1.77 bits per heavy atom. The molecule has 1 aliphatic heterocycles. The number of thiazole rings is 1. The van der Waals surface area contributed by atoms with Gasteiger partial charge in [0.25, 0.3) is 11.8 Å². The van der Waals surface area contributed by atoms with Crippen LogP contribution in [0.4, 0.5) is 5.69 Å². The zero-order valence-electron chi connectivity index (χ0n) is 19.3. The molecule has 0 bridgehead atoms. The molecule has 0 atom stereocenters. The number of aryl methyl sites for hydroxylation is 2. The lowest BCUT2D eigenvalue weighted by molar-refractivity contribution is -0.693. The highest BCUT2D eigenvalue weighted by atomic mass is 32.1. The smallest absolute Gasteiger partial charge is 0.282 e. The van der Waals surface area contributed by atoms with E-state index in [1.165, 1.54) is 11.3 Å².